The third-order valence-corrected chi connectivity index (χ3v) is 4.60. The van der Waals surface area contributed by atoms with E-state index in [1.807, 2.05) is 11.3 Å². The van der Waals surface area contributed by atoms with Crippen LogP contribution in [-0.2, 0) is 16.7 Å². The van der Waals surface area contributed by atoms with Gasteiger partial charge in [0.2, 0.25) is 0 Å². The van der Waals surface area contributed by atoms with Crippen molar-refractivity contribution in [3.63, 3.8) is 0 Å². The molecular formula is C15H27NOS. The molecule has 1 N–H and O–H groups in total. The van der Waals surface area contributed by atoms with Crippen molar-refractivity contribution in [2.24, 2.45) is 5.92 Å². The van der Waals surface area contributed by atoms with Gasteiger partial charge >= 0.3 is 0 Å². The zero-order valence-corrected chi connectivity index (χ0v) is 13.4. The molecule has 0 fully saturated rings. The zero-order valence-electron chi connectivity index (χ0n) is 12.5. The lowest BCUT2D eigenvalue weighted by atomic mass is 9.95. The van der Waals surface area contributed by atoms with E-state index in [9.17, 15) is 0 Å². The quantitative estimate of drug-likeness (QED) is 0.848. The second-order valence-electron chi connectivity index (χ2n) is 6.20. The molecule has 0 bridgehead atoms. The third kappa shape index (κ3) is 4.71. The molecule has 0 aliphatic heterocycles. The first-order chi connectivity index (χ1) is 8.34. The van der Waals surface area contributed by atoms with Crippen LogP contribution in [0, 0.1) is 5.92 Å². The highest BCUT2D eigenvalue weighted by atomic mass is 32.1. The van der Waals surface area contributed by atoms with Crippen molar-refractivity contribution in [3.05, 3.63) is 21.9 Å². The van der Waals surface area contributed by atoms with Crippen molar-refractivity contribution in [1.29, 1.82) is 0 Å². The fourth-order valence-corrected chi connectivity index (χ4v) is 2.79. The van der Waals surface area contributed by atoms with Crippen molar-refractivity contribution in [3.8, 4) is 0 Å². The van der Waals surface area contributed by atoms with Gasteiger partial charge < -0.3 is 10.1 Å². The minimum Gasteiger partial charge on any atom is -0.383 e. The molecule has 2 nitrogen and oxygen atoms in total. The molecule has 0 saturated carbocycles. The van der Waals surface area contributed by atoms with Gasteiger partial charge in [0.1, 0.15) is 0 Å². The summed E-state index contributed by atoms with van der Waals surface area (Å²) >= 11 is 1.91. The van der Waals surface area contributed by atoms with Gasteiger partial charge in [-0.3, -0.25) is 0 Å². The zero-order chi connectivity index (χ0) is 13.8. The summed E-state index contributed by atoms with van der Waals surface area (Å²) in [5.41, 5.74) is 0.257. The monoisotopic (exact) mass is 269 g/mol. The molecule has 0 aliphatic carbocycles. The van der Waals surface area contributed by atoms with E-state index in [4.69, 9.17) is 4.74 Å². The highest BCUT2D eigenvalue weighted by Crippen LogP contribution is 2.29. The molecule has 0 aliphatic rings. The molecule has 1 rings (SSSR count). The molecule has 0 aromatic carbocycles. The molecule has 1 aromatic heterocycles. The highest BCUT2D eigenvalue weighted by molar-refractivity contribution is 7.12. The minimum atomic E-state index is 0.257. The number of hydrogen-bond acceptors (Lipinski definition) is 3. The fraction of sp³-hybridized carbons (Fsp3) is 0.733. The predicted octanol–water partition coefficient (Wildman–Crippen LogP) is 3.81. The van der Waals surface area contributed by atoms with Gasteiger partial charge in [-0.1, -0.05) is 34.6 Å². The van der Waals surface area contributed by atoms with Gasteiger partial charge in [0.15, 0.2) is 0 Å². The first kappa shape index (κ1) is 15.7. The SMILES string of the molecule is COCC(NCc1ccc(C(C)(C)C)s1)C(C)C. The molecule has 0 saturated heterocycles. The van der Waals surface area contributed by atoms with Crippen LogP contribution in [0.2, 0.25) is 0 Å². The molecule has 3 heteroatoms. The fourth-order valence-electron chi connectivity index (χ4n) is 1.77. The topological polar surface area (TPSA) is 21.3 Å². The average Bonchev–Trinajstić information content (AvgIpc) is 2.71. The van der Waals surface area contributed by atoms with Crippen molar-refractivity contribution in [2.75, 3.05) is 13.7 Å². The van der Waals surface area contributed by atoms with Crippen LogP contribution in [0.4, 0.5) is 0 Å². The van der Waals surface area contributed by atoms with Crippen LogP contribution >= 0.6 is 11.3 Å². The van der Waals surface area contributed by atoms with Crippen molar-refractivity contribution >= 4 is 11.3 Å². The van der Waals surface area contributed by atoms with Gasteiger partial charge in [0, 0.05) is 29.5 Å². The molecule has 0 amide bonds. The summed E-state index contributed by atoms with van der Waals surface area (Å²) in [4.78, 5) is 2.86. The summed E-state index contributed by atoms with van der Waals surface area (Å²) in [6.07, 6.45) is 0. The maximum atomic E-state index is 5.25. The molecule has 0 radical (unpaired) electrons. The molecule has 18 heavy (non-hydrogen) atoms. The lowest BCUT2D eigenvalue weighted by Gasteiger charge is -2.21. The molecule has 0 spiro atoms. The third-order valence-electron chi connectivity index (χ3n) is 3.09. The molecule has 1 atom stereocenters. The summed E-state index contributed by atoms with van der Waals surface area (Å²) < 4.78 is 5.25. The maximum absolute atomic E-state index is 5.25. The van der Waals surface area contributed by atoms with E-state index >= 15 is 0 Å². The molecule has 1 heterocycles. The van der Waals surface area contributed by atoms with E-state index in [0.29, 0.717) is 12.0 Å². The van der Waals surface area contributed by atoms with E-state index in [2.05, 4.69) is 52.1 Å². The molecule has 1 unspecified atom stereocenters. The number of thiophene rings is 1. The van der Waals surface area contributed by atoms with Gasteiger partial charge in [-0.2, -0.15) is 0 Å². The Morgan fingerprint density at radius 2 is 1.94 bits per heavy atom. The molecular weight excluding hydrogens is 242 g/mol. The standard InChI is InChI=1S/C15H27NOS/c1-11(2)13(10-17-6)16-9-12-7-8-14(18-12)15(3,4)5/h7-8,11,13,16H,9-10H2,1-6H3. The Balaban J connectivity index is 2.55. The van der Waals surface area contributed by atoms with E-state index in [-0.39, 0.29) is 5.41 Å². The minimum absolute atomic E-state index is 0.257. The Kier molecular flexibility index (Phi) is 5.83. The van der Waals surface area contributed by atoms with Crippen LogP contribution in [0.1, 0.15) is 44.4 Å². The van der Waals surface area contributed by atoms with Crippen molar-refractivity contribution in [1.82, 2.24) is 5.32 Å². The smallest absolute Gasteiger partial charge is 0.0618 e. The highest BCUT2D eigenvalue weighted by Gasteiger charge is 2.17. The van der Waals surface area contributed by atoms with E-state index in [1.54, 1.807) is 7.11 Å². The van der Waals surface area contributed by atoms with Crippen molar-refractivity contribution in [2.45, 2.75) is 52.6 Å². The Labute approximate surface area is 116 Å². The second kappa shape index (κ2) is 6.69. The second-order valence-corrected chi connectivity index (χ2v) is 7.37. The van der Waals surface area contributed by atoms with Crippen LogP contribution in [0.25, 0.3) is 0 Å². The van der Waals surface area contributed by atoms with E-state index < -0.39 is 0 Å². The van der Waals surface area contributed by atoms with Gasteiger partial charge in [0.25, 0.3) is 0 Å². The number of hydrogen-bond donors (Lipinski definition) is 1. The Morgan fingerprint density at radius 1 is 1.28 bits per heavy atom. The summed E-state index contributed by atoms with van der Waals surface area (Å²) in [6.45, 7) is 13.0. The summed E-state index contributed by atoms with van der Waals surface area (Å²) in [5, 5.41) is 3.59. The normalized spacial score (nSPS) is 14.2. The number of rotatable bonds is 6. The predicted molar refractivity (Wildman–Crippen MR) is 80.4 cm³/mol. The van der Waals surface area contributed by atoms with E-state index in [0.717, 1.165) is 13.2 Å². The van der Waals surface area contributed by atoms with Crippen LogP contribution in [0.5, 0.6) is 0 Å². The van der Waals surface area contributed by atoms with Gasteiger partial charge in [-0.15, -0.1) is 11.3 Å². The largest absolute Gasteiger partial charge is 0.383 e. The molecule has 104 valence electrons. The number of methoxy groups -OCH3 is 1. The van der Waals surface area contributed by atoms with Crippen LogP contribution in [-0.4, -0.2) is 19.8 Å². The van der Waals surface area contributed by atoms with Crippen LogP contribution < -0.4 is 5.32 Å². The molecule has 1 aromatic rings. The van der Waals surface area contributed by atoms with Gasteiger partial charge in [-0.25, -0.2) is 0 Å². The Hall–Kier alpha value is -0.380. The summed E-state index contributed by atoms with van der Waals surface area (Å²) in [6, 6.07) is 4.92. The van der Waals surface area contributed by atoms with Gasteiger partial charge in [-0.05, 0) is 23.5 Å². The van der Waals surface area contributed by atoms with Gasteiger partial charge in [0.05, 0.1) is 6.61 Å². The maximum Gasteiger partial charge on any atom is 0.0618 e. The van der Waals surface area contributed by atoms with Crippen LogP contribution in [0.3, 0.4) is 0 Å². The first-order valence-corrected chi connectivity index (χ1v) is 7.47. The average molecular weight is 269 g/mol. The summed E-state index contributed by atoms with van der Waals surface area (Å²) in [5.74, 6) is 0.590. The summed E-state index contributed by atoms with van der Waals surface area (Å²) in [7, 11) is 1.76. The van der Waals surface area contributed by atoms with Crippen molar-refractivity contribution < 1.29 is 4.74 Å². The number of nitrogens with one attached hydrogen (secondary N) is 1. The van der Waals surface area contributed by atoms with Crippen LogP contribution in [0.15, 0.2) is 12.1 Å². The number of ether oxygens (including phenoxy) is 1. The lowest BCUT2D eigenvalue weighted by molar-refractivity contribution is 0.146. The lowest BCUT2D eigenvalue weighted by Crippen LogP contribution is -2.37. The Bertz CT molecular complexity index is 352. The van der Waals surface area contributed by atoms with E-state index in [1.165, 1.54) is 9.75 Å². The Morgan fingerprint density at radius 3 is 2.39 bits per heavy atom. The first-order valence-electron chi connectivity index (χ1n) is 6.66.